The van der Waals surface area contributed by atoms with Crippen molar-refractivity contribution in [2.45, 2.75) is 26.8 Å². The SMILES string of the molecule is Cc1cc(Cl)c2[nH]c(-c3nn(C(C)C)c4ncnc(N)c34)cc2c1. The second-order valence-electron chi connectivity index (χ2n) is 6.24. The number of aromatic nitrogens is 5. The highest BCUT2D eigenvalue weighted by atomic mass is 35.5. The number of nitrogens with zero attached hydrogens (tertiary/aromatic N) is 4. The Morgan fingerprint density at radius 2 is 2.00 bits per heavy atom. The van der Waals surface area contributed by atoms with Crippen molar-refractivity contribution in [2.24, 2.45) is 0 Å². The summed E-state index contributed by atoms with van der Waals surface area (Å²) in [5.74, 6) is 0.419. The van der Waals surface area contributed by atoms with E-state index in [9.17, 15) is 0 Å². The fourth-order valence-corrected chi connectivity index (χ4v) is 3.34. The molecular weight excluding hydrogens is 324 g/mol. The van der Waals surface area contributed by atoms with Crippen LogP contribution in [0.2, 0.25) is 5.02 Å². The molecule has 0 saturated heterocycles. The minimum absolute atomic E-state index is 0.158. The van der Waals surface area contributed by atoms with Gasteiger partial charge in [-0.25, -0.2) is 14.6 Å². The van der Waals surface area contributed by atoms with Gasteiger partial charge in [0.25, 0.3) is 0 Å². The number of hydrogen-bond donors (Lipinski definition) is 2. The van der Waals surface area contributed by atoms with Gasteiger partial charge in [-0.2, -0.15) is 5.10 Å². The number of benzene rings is 1. The Morgan fingerprint density at radius 1 is 1.21 bits per heavy atom. The lowest BCUT2D eigenvalue weighted by atomic mass is 10.1. The number of rotatable bonds is 2. The van der Waals surface area contributed by atoms with Crippen LogP contribution < -0.4 is 5.73 Å². The topological polar surface area (TPSA) is 85.4 Å². The second-order valence-corrected chi connectivity index (χ2v) is 6.65. The Labute approximate surface area is 143 Å². The monoisotopic (exact) mass is 340 g/mol. The van der Waals surface area contributed by atoms with Gasteiger partial charge in [-0.3, -0.25) is 0 Å². The van der Waals surface area contributed by atoms with Crippen LogP contribution >= 0.6 is 11.6 Å². The number of fused-ring (bicyclic) bond motifs is 2. The highest BCUT2D eigenvalue weighted by Gasteiger charge is 2.20. The molecule has 24 heavy (non-hydrogen) atoms. The van der Waals surface area contributed by atoms with Crippen LogP contribution in [0.1, 0.15) is 25.5 Å². The Morgan fingerprint density at radius 3 is 2.75 bits per heavy atom. The summed E-state index contributed by atoms with van der Waals surface area (Å²) in [5, 5.41) is 7.21. The molecule has 0 aliphatic carbocycles. The molecule has 0 aliphatic rings. The molecule has 0 fully saturated rings. The predicted octanol–water partition coefficient (Wildman–Crippen LogP) is 4.10. The van der Waals surface area contributed by atoms with Gasteiger partial charge >= 0.3 is 0 Å². The summed E-state index contributed by atoms with van der Waals surface area (Å²) >= 11 is 6.36. The van der Waals surface area contributed by atoms with E-state index in [1.807, 2.05) is 23.7 Å². The van der Waals surface area contributed by atoms with Gasteiger partial charge in [-0.15, -0.1) is 0 Å². The summed E-state index contributed by atoms with van der Waals surface area (Å²) in [6.45, 7) is 6.13. The Hall–Kier alpha value is -2.60. The summed E-state index contributed by atoms with van der Waals surface area (Å²) < 4.78 is 1.86. The van der Waals surface area contributed by atoms with Gasteiger partial charge in [-0.1, -0.05) is 11.6 Å². The van der Waals surface area contributed by atoms with Crippen molar-refractivity contribution in [1.29, 1.82) is 0 Å². The number of nitrogens with one attached hydrogen (secondary N) is 1. The van der Waals surface area contributed by atoms with Crippen molar-refractivity contribution in [3.8, 4) is 11.4 Å². The molecule has 6 nitrogen and oxygen atoms in total. The minimum atomic E-state index is 0.158. The van der Waals surface area contributed by atoms with E-state index >= 15 is 0 Å². The maximum absolute atomic E-state index is 6.36. The molecule has 0 aliphatic heterocycles. The molecule has 0 atom stereocenters. The molecule has 4 rings (SSSR count). The average molecular weight is 341 g/mol. The van der Waals surface area contributed by atoms with E-state index in [0.717, 1.165) is 38.9 Å². The molecule has 3 heterocycles. The molecule has 0 bridgehead atoms. The maximum Gasteiger partial charge on any atom is 0.164 e. The fraction of sp³-hybridized carbons (Fsp3) is 0.235. The first-order valence-corrected chi connectivity index (χ1v) is 8.11. The van der Waals surface area contributed by atoms with E-state index in [1.165, 1.54) is 6.33 Å². The predicted molar refractivity (Wildman–Crippen MR) is 97.2 cm³/mol. The first-order chi connectivity index (χ1) is 11.5. The van der Waals surface area contributed by atoms with E-state index < -0.39 is 0 Å². The summed E-state index contributed by atoms with van der Waals surface area (Å²) in [6, 6.07) is 6.22. The van der Waals surface area contributed by atoms with Crippen LogP contribution in [0, 0.1) is 6.92 Å². The number of nitrogens with two attached hydrogens (primary N) is 1. The quantitative estimate of drug-likeness (QED) is 0.575. The number of aromatic amines is 1. The summed E-state index contributed by atoms with van der Waals surface area (Å²) in [4.78, 5) is 11.8. The smallest absolute Gasteiger partial charge is 0.164 e. The van der Waals surface area contributed by atoms with Gasteiger partial charge in [0.2, 0.25) is 0 Å². The van der Waals surface area contributed by atoms with Crippen molar-refractivity contribution in [1.82, 2.24) is 24.7 Å². The highest BCUT2D eigenvalue weighted by molar-refractivity contribution is 6.35. The zero-order chi connectivity index (χ0) is 17.0. The lowest BCUT2D eigenvalue weighted by molar-refractivity contribution is 0.547. The van der Waals surface area contributed by atoms with Gasteiger partial charge in [0, 0.05) is 11.4 Å². The number of nitrogen functional groups attached to an aromatic ring is 1. The molecule has 0 saturated carbocycles. The Kier molecular flexibility index (Phi) is 3.25. The molecule has 0 spiro atoms. The molecular formula is C17H17ClN6. The van der Waals surface area contributed by atoms with Gasteiger partial charge in [0.1, 0.15) is 17.8 Å². The van der Waals surface area contributed by atoms with Crippen LogP contribution in [0.15, 0.2) is 24.5 Å². The van der Waals surface area contributed by atoms with E-state index in [-0.39, 0.29) is 6.04 Å². The van der Waals surface area contributed by atoms with Gasteiger partial charge in [-0.05, 0) is 44.5 Å². The molecule has 0 radical (unpaired) electrons. The van der Waals surface area contributed by atoms with Crippen LogP contribution in [-0.2, 0) is 0 Å². The number of halogens is 1. The third-order valence-corrected chi connectivity index (χ3v) is 4.39. The maximum atomic E-state index is 6.36. The third-order valence-electron chi connectivity index (χ3n) is 4.09. The van der Waals surface area contributed by atoms with Crippen molar-refractivity contribution in [3.05, 3.63) is 35.1 Å². The van der Waals surface area contributed by atoms with Crippen molar-refractivity contribution >= 4 is 39.4 Å². The molecule has 7 heteroatoms. The molecule has 1 aromatic carbocycles. The first kappa shape index (κ1) is 15.0. The number of anilines is 1. The minimum Gasteiger partial charge on any atom is -0.383 e. The molecule has 0 amide bonds. The van der Waals surface area contributed by atoms with E-state index in [1.54, 1.807) is 0 Å². The van der Waals surface area contributed by atoms with Crippen LogP contribution in [0.3, 0.4) is 0 Å². The molecule has 122 valence electrons. The highest BCUT2D eigenvalue weighted by Crippen LogP contribution is 2.34. The average Bonchev–Trinajstić information content (AvgIpc) is 3.09. The van der Waals surface area contributed by atoms with Gasteiger partial charge in [0.15, 0.2) is 5.65 Å². The van der Waals surface area contributed by atoms with E-state index in [2.05, 4.69) is 34.9 Å². The normalized spacial score (nSPS) is 11.9. The Bertz CT molecular complexity index is 1080. The van der Waals surface area contributed by atoms with Crippen molar-refractivity contribution in [3.63, 3.8) is 0 Å². The van der Waals surface area contributed by atoms with Crippen molar-refractivity contribution in [2.75, 3.05) is 5.73 Å². The van der Waals surface area contributed by atoms with E-state index in [4.69, 9.17) is 22.4 Å². The molecule has 3 aromatic heterocycles. The van der Waals surface area contributed by atoms with Crippen LogP contribution in [-0.4, -0.2) is 24.7 Å². The van der Waals surface area contributed by atoms with Gasteiger partial charge in [0.05, 0.1) is 21.6 Å². The number of aryl methyl sites for hydroxylation is 1. The molecule has 4 aromatic rings. The van der Waals surface area contributed by atoms with Crippen molar-refractivity contribution < 1.29 is 0 Å². The second kappa shape index (κ2) is 5.21. The standard InChI is InChI=1S/C17H17ClN6/c1-8(2)24-17-13(16(19)20-7-21-17)15(23-24)12-6-10-4-9(3)5-11(18)14(10)22-12/h4-8,22H,1-3H3,(H2,19,20,21). The number of hydrogen-bond acceptors (Lipinski definition) is 4. The summed E-state index contributed by atoms with van der Waals surface area (Å²) in [7, 11) is 0. The lowest BCUT2D eigenvalue weighted by Crippen LogP contribution is -2.04. The zero-order valence-electron chi connectivity index (χ0n) is 13.6. The van der Waals surface area contributed by atoms with Gasteiger partial charge < -0.3 is 10.7 Å². The van der Waals surface area contributed by atoms with Crippen LogP contribution in [0.5, 0.6) is 0 Å². The Balaban J connectivity index is 2.05. The zero-order valence-corrected chi connectivity index (χ0v) is 14.4. The van der Waals surface area contributed by atoms with Crippen LogP contribution in [0.25, 0.3) is 33.3 Å². The largest absolute Gasteiger partial charge is 0.383 e. The number of H-pyrrole nitrogens is 1. The fourth-order valence-electron chi connectivity index (χ4n) is 3.01. The summed E-state index contributed by atoms with van der Waals surface area (Å²) in [6.07, 6.45) is 1.47. The molecule has 0 unspecified atom stereocenters. The lowest BCUT2D eigenvalue weighted by Gasteiger charge is -2.05. The van der Waals surface area contributed by atoms with E-state index in [0.29, 0.717) is 10.8 Å². The van der Waals surface area contributed by atoms with Crippen LogP contribution in [0.4, 0.5) is 5.82 Å². The summed E-state index contributed by atoms with van der Waals surface area (Å²) in [5.41, 5.74) is 10.4. The first-order valence-electron chi connectivity index (χ1n) is 7.73. The molecule has 3 N–H and O–H groups in total. The third kappa shape index (κ3) is 2.14.